The van der Waals surface area contributed by atoms with Gasteiger partial charge in [0.2, 0.25) is 0 Å². The Labute approximate surface area is 412 Å². The third kappa shape index (κ3) is 7.22. The van der Waals surface area contributed by atoms with Crippen molar-refractivity contribution < 1.29 is 40.1 Å². The van der Waals surface area contributed by atoms with Crippen LogP contribution in [0.4, 0.5) is 60.5 Å². The van der Waals surface area contributed by atoms with Crippen molar-refractivity contribution >= 4 is 88.0 Å². The minimum atomic E-state index is -5.08. The zero-order valence-corrected chi connectivity index (χ0v) is 36.3. The van der Waals surface area contributed by atoms with Crippen LogP contribution in [-0.4, -0.2) is 0 Å². The lowest BCUT2D eigenvalue weighted by atomic mass is 9.91. The molecule has 0 N–H and O–H groups in total. The van der Waals surface area contributed by atoms with Gasteiger partial charge in [-0.25, -0.2) is 0 Å². The molecule has 8 heteroatoms. The molecule has 0 heterocycles. The molecule has 0 spiro atoms. The first kappa shape index (κ1) is 33.0. The van der Waals surface area contributed by atoms with Gasteiger partial charge in [0.15, 0.2) is 0 Å². The van der Waals surface area contributed by atoms with E-state index in [-0.39, 0.29) is 33.9 Å². The first-order valence-electron chi connectivity index (χ1n) is 27.0. The third-order valence-corrected chi connectivity index (χ3v) is 12.8. The molecule has 12 rings (SSSR count). The predicted octanol–water partition coefficient (Wildman–Crippen LogP) is 19.2. The molecule has 0 saturated heterocycles. The SMILES string of the molecule is [2H]c1c([2H])c([2H])c(-c2ccc(N(c3cccc4ccccc34)c3ccc4ccc5c(N(c6ccc(-c7c([2H])c([2H])c([2H])c([2H])c7[2H])cc6C(F)(F)F)c6cccc7ccccc67)ccc6ccc3c4c65)c(C(F)(F)F)c2)c([2H])c1[2H]. The summed E-state index contributed by atoms with van der Waals surface area (Å²) in [5.41, 5.74) is -3.14. The molecule has 0 saturated carbocycles. The molecule has 0 aliphatic carbocycles. The number of nitrogens with zero attached hydrogens (tertiary/aromatic N) is 2. The fraction of sp³-hybridized carbons (Fsp3) is 0.0323. The van der Waals surface area contributed by atoms with Crippen LogP contribution in [-0.2, 0) is 12.4 Å². The predicted molar refractivity (Wildman–Crippen MR) is 275 cm³/mol. The average Bonchev–Trinajstić information content (AvgIpc) is 3.62. The van der Waals surface area contributed by atoms with Gasteiger partial charge >= 0.3 is 12.4 Å². The normalized spacial score (nSPS) is 14.1. The van der Waals surface area contributed by atoms with Crippen molar-refractivity contribution in [2.75, 3.05) is 9.80 Å². The number of hydrogen-bond acceptors (Lipinski definition) is 2. The molecule has 12 aromatic rings. The molecule has 0 amide bonds. The molecule has 12 aromatic carbocycles. The maximum atomic E-state index is 16.0. The fourth-order valence-electron chi connectivity index (χ4n) is 9.76. The van der Waals surface area contributed by atoms with Gasteiger partial charge in [-0.05, 0) is 103 Å². The molecule has 0 aromatic heterocycles. The van der Waals surface area contributed by atoms with E-state index in [0.29, 0.717) is 65.2 Å². The second-order valence-electron chi connectivity index (χ2n) is 16.7. The van der Waals surface area contributed by atoms with Crippen LogP contribution in [0.25, 0.3) is 76.1 Å². The van der Waals surface area contributed by atoms with Crippen molar-refractivity contribution in [1.29, 1.82) is 0 Å². The maximum Gasteiger partial charge on any atom is 0.418 e. The summed E-state index contributed by atoms with van der Waals surface area (Å²) < 4.78 is 180. The Hall–Kier alpha value is -8.62. The van der Waals surface area contributed by atoms with Gasteiger partial charge in [-0.1, -0.05) is 182 Å². The molecule has 70 heavy (non-hydrogen) atoms. The van der Waals surface area contributed by atoms with E-state index in [4.69, 9.17) is 13.7 Å². The lowest BCUT2D eigenvalue weighted by molar-refractivity contribution is -0.137. The fourth-order valence-corrected chi connectivity index (χ4v) is 9.76. The van der Waals surface area contributed by atoms with Gasteiger partial charge < -0.3 is 9.80 Å². The highest BCUT2D eigenvalue weighted by atomic mass is 19.4. The molecule has 0 bridgehead atoms. The number of fused-ring (bicyclic) bond motifs is 2. The minimum absolute atomic E-state index is 0.257. The molecule has 0 aliphatic rings. The second kappa shape index (κ2) is 16.6. The van der Waals surface area contributed by atoms with Crippen LogP contribution in [0.1, 0.15) is 24.8 Å². The molecule has 2 nitrogen and oxygen atoms in total. The van der Waals surface area contributed by atoms with Crippen LogP contribution in [0.15, 0.2) is 230 Å². The van der Waals surface area contributed by atoms with Crippen LogP contribution >= 0.6 is 0 Å². The lowest BCUT2D eigenvalue weighted by Crippen LogP contribution is -2.18. The van der Waals surface area contributed by atoms with E-state index >= 15 is 26.3 Å². The van der Waals surface area contributed by atoms with E-state index in [2.05, 4.69) is 0 Å². The van der Waals surface area contributed by atoms with Gasteiger partial charge in [-0.15, -0.1) is 0 Å². The van der Waals surface area contributed by atoms with Gasteiger partial charge in [0.05, 0.1) is 59.0 Å². The van der Waals surface area contributed by atoms with Gasteiger partial charge in [0.25, 0.3) is 0 Å². The number of hydrogen-bond donors (Lipinski definition) is 0. The zero-order valence-electron chi connectivity index (χ0n) is 46.3. The van der Waals surface area contributed by atoms with E-state index in [1.807, 2.05) is 24.3 Å². The molecular formula is C62H38F6N2. The minimum Gasteiger partial charge on any atom is -0.309 e. The molecule has 0 atom stereocenters. The molecular weight excluding hydrogens is 887 g/mol. The van der Waals surface area contributed by atoms with E-state index < -0.39 is 95.0 Å². The van der Waals surface area contributed by atoms with Gasteiger partial charge in [0, 0.05) is 21.5 Å². The first-order chi connectivity index (χ1) is 38.1. The summed E-state index contributed by atoms with van der Waals surface area (Å²) >= 11 is 0. The summed E-state index contributed by atoms with van der Waals surface area (Å²) in [7, 11) is 0. The lowest BCUT2D eigenvalue weighted by Gasteiger charge is -2.32. The molecule has 0 unspecified atom stereocenters. The first-order valence-corrected chi connectivity index (χ1v) is 22.0. The van der Waals surface area contributed by atoms with E-state index in [1.165, 1.54) is 34.1 Å². The van der Waals surface area contributed by atoms with Crippen LogP contribution in [0, 0.1) is 0 Å². The Morgan fingerprint density at radius 2 is 0.657 bits per heavy atom. The second-order valence-corrected chi connectivity index (χ2v) is 16.7. The summed E-state index contributed by atoms with van der Waals surface area (Å²) in [5.74, 6) is 0. The monoisotopic (exact) mass is 934 g/mol. The van der Waals surface area contributed by atoms with Crippen LogP contribution in [0.2, 0.25) is 0 Å². The van der Waals surface area contributed by atoms with Gasteiger partial charge in [-0.3, -0.25) is 0 Å². The molecule has 0 radical (unpaired) electrons. The number of rotatable bonds is 8. The van der Waals surface area contributed by atoms with Crippen molar-refractivity contribution in [2.24, 2.45) is 0 Å². The van der Waals surface area contributed by atoms with Crippen molar-refractivity contribution in [2.45, 2.75) is 12.4 Å². The highest BCUT2D eigenvalue weighted by Crippen LogP contribution is 2.53. The van der Waals surface area contributed by atoms with E-state index in [1.54, 1.807) is 109 Å². The summed E-state index contributed by atoms with van der Waals surface area (Å²) in [6.07, 6.45) is -10.2. The highest BCUT2D eigenvalue weighted by Gasteiger charge is 2.38. The Balaban J connectivity index is 1.14. The Morgan fingerprint density at radius 1 is 0.300 bits per heavy atom. The largest absolute Gasteiger partial charge is 0.418 e. The molecule has 0 aliphatic heterocycles. The van der Waals surface area contributed by atoms with Gasteiger partial charge in [0.1, 0.15) is 0 Å². The topological polar surface area (TPSA) is 6.48 Å². The maximum absolute atomic E-state index is 16.0. The number of alkyl halides is 6. The molecule has 0 fully saturated rings. The summed E-state index contributed by atoms with van der Waals surface area (Å²) in [6.45, 7) is 0. The van der Waals surface area contributed by atoms with Crippen LogP contribution < -0.4 is 9.80 Å². The van der Waals surface area contributed by atoms with E-state index in [9.17, 15) is 0 Å². The number of benzene rings is 12. The van der Waals surface area contributed by atoms with Gasteiger partial charge in [-0.2, -0.15) is 26.3 Å². The van der Waals surface area contributed by atoms with Crippen molar-refractivity contribution in [1.82, 2.24) is 0 Å². The van der Waals surface area contributed by atoms with Crippen LogP contribution in [0.5, 0.6) is 0 Å². The van der Waals surface area contributed by atoms with Crippen molar-refractivity contribution in [3.63, 3.8) is 0 Å². The average molecular weight is 935 g/mol. The van der Waals surface area contributed by atoms with Crippen LogP contribution in [0.3, 0.4) is 0 Å². The van der Waals surface area contributed by atoms with E-state index in [0.717, 1.165) is 12.1 Å². The zero-order chi connectivity index (χ0) is 56.4. The standard InChI is InChI=1S/C62H38F6N2/c63-61(64,65)51-37-45(39-13-3-1-4-14-39)29-35-57(51)69(53-23-11-19-41-17-7-9-21-47(41)53)55-33-27-43-26-32-50-56(34-28-44-25-31-49(55)59(43)60(44)50)70(54-24-12-20-42-18-8-10-22-48(42)54)58-36-30-46(38-52(58)62(66,67)68)40-15-5-2-6-16-40/h1-38H/i1D,2D,3D,4D,5D,6D,13D,14D,15D,16D. The smallest absolute Gasteiger partial charge is 0.309 e. The Morgan fingerprint density at radius 3 is 1.07 bits per heavy atom. The van der Waals surface area contributed by atoms with Crippen molar-refractivity contribution in [3.05, 3.63) is 241 Å². The van der Waals surface area contributed by atoms with Crippen molar-refractivity contribution in [3.8, 4) is 22.3 Å². The summed E-state index contributed by atoms with van der Waals surface area (Å²) in [6, 6.07) is 38.6. The Kier molecular flexibility index (Phi) is 7.80. The number of halogens is 6. The summed E-state index contributed by atoms with van der Waals surface area (Å²) in [5, 5.41) is 5.93. The Bertz CT molecular complexity index is 4210. The summed E-state index contributed by atoms with van der Waals surface area (Å²) in [4.78, 5) is 2.97. The quantitative estimate of drug-likeness (QED) is 0.111. The highest BCUT2D eigenvalue weighted by molar-refractivity contribution is 6.28. The molecule has 338 valence electrons. The number of anilines is 6. The third-order valence-electron chi connectivity index (χ3n) is 12.8.